The lowest BCUT2D eigenvalue weighted by atomic mass is 10.2. The van der Waals surface area contributed by atoms with Crippen LogP contribution in [0.15, 0.2) is 62.7 Å². The van der Waals surface area contributed by atoms with Crippen LogP contribution in [0.5, 0.6) is 5.75 Å². The summed E-state index contributed by atoms with van der Waals surface area (Å²) in [5.41, 5.74) is 2.38. The number of rotatable bonds is 5. The predicted octanol–water partition coefficient (Wildman–Crippen LogP) is 5.38. The topological polar surface area (TPSA) is 94.6 Å². The summed E-state index contributed by atoms with van der Waals surface area (Å²) in [6, 6.07) is 14.5. The molecule has 0 fully saturated rings. The number of ether oxygens (including phenoxy) is 1. The lowest BCUT2D eigenvalue weighted by molar-refractivity contribution is 0.0992. The van der Waals surface area contributed by atoms with Crippen LogP contribution < -0.4 is 10.1 Å². The molecule has 2 aromatic carbocycles. The van der Waals surface area contributed by atoms with Gasteiger partial charge in [-0.1, -0.05) is 24.3 Å². The van der Waals surface area contributed by atoms with E-state index in [2.05, 4.69) is 10.3 Å². The van der Waals surface area contributed by atoms with Gasteiger partial charge in [0.1, 0.15) is 11.3 Å². The van der Waals surface area contributed by atoms with E-state index in [9.17, 15) is 9.59 Å². The Labute approximate surface area is 173 Å². The molecule has 0 atom stereocenters. The highest BCUT2D eigenvalue weighted by Gasteiger charge is 2.21. The van der Waals surface area contributed by atoms with E-state index in [1.807, 2.05) is 24.3 Å². The molecule has 0 radical (unpaired) electrons. The number of carbonyl (C=O) groups excluding carboxylic acids is 2. The zero-order chi connectivity index (χ0) is 20.7. The number of para-hydroxylation sites is 3. The van der Waals surface area contributed by atoms with Gasteiger partial charge in [0.25, 0.3) is 5.89 Å². The Bertz CT molecular complexity index is 1380. The van der Waals surface area contributed by atoms with Crippen molar-refractivity contribution in [3.8, 4) is 16.4 Å². The van der Waals surface area contributed by atoms with Gasteiger partial charge >= 0.3 is 5.91 Å². The standard InChI is InChI=1S/C22H14N2O5S/c1-27-17-8-4-5-12-9-18(28-19(12)17)20-13(10-25)15(11-30-20)23-21(26)22-24-14-6-2-3-7-16(14)29-22/h2-11H,1H3,(H,23,26). The molecule has 0 aliphatic rings. The third kappa shape index (κ3) is 2.94. The second-order valence-electron chi connectivity index (χ2n) is 6.44. The minimum atomic E-state index is -0.537. The number of amides is 1. The zero-order valence-corrected chi connectivity index (χ0v) is 16.5. The average Bonchev–Trinajstić information content (AvgIpc) is 3.48. The minimum absolute atomic E-state index is 0.0747. The number of furan rings is 1. The van der Waals surface area contributed by atoms with Gasteiger partial charge in [-0.2, -0.15) is 0 Å². The molecule has 1 amide bonds. The Kier molecular flexibility index (Phi) is 4.33. The molecule has 8 heteroatoms. The summed E-state index contributed by atoms with van der Waals surface area (Å²) in [5.74, 6) is 0.510. The fourth-order valence-corrected chi connectivity index (χ4v) is 4.15. The number of fused-ring (bicyclic) bond motifs is 2. The minimum Gasteiger partial charge on any atom is -0.493 e. The fourth-order valence-electron chi connectivity index (χ4n) is 3.23. The van der Waals surface area contributed by atoms with Crippen molar-refractivity contribution in [1.29, 1.82) is 0 Å². The number of aromatic nitrogens is 1. The van der Waals surface area contributed by atoms with Gasteiger partial charge < -0.3 is 18.9 Å². The molecular weight excluding hydrogens is 404 g/mol. The molecular formula is C22H14N2O5S. The number of carbonyl (C=O) groups is 2. The molecule has 7 nitrogen and oxygen atoms in total. The average molecular weight is 418 g/mol. The molecule has 3 heterocycles. The van der Waals surface area contributed by atoms with Crippen molar-refractivity contribution in [2.24, 2.45) is 0 Å². The molecule has 5 aromatic rings. The number of aldehydes is 1. The first-order valence-corrected chi connectivity index (χ1v) is 9.86. The number of anilines is 1. The van der Waals surface area contributed by atoms with Gasteiger partial charge in [-0.05, 0) is 24.3 Å². The second kappa shape index (κ2) is 7.16. The van der Waals surface area contributed by atoms with E-state index in [0.29, 0.717) is 50.6 Å². The van der Waals surface area contributed by atoms with Gasteiger partial charge in [-0.3, -0.25) is 9.59 Å². The number of thiophene rings is 1. The molecule has 1 N–H and O–H groups in total. The molecule has 5 rings (SSSR count). The summed E-state index contributed by atoms with van der Waals surface area (Å²) in [6.45, 7) is 0. The number of methoxy groups -OCH3 is 1. The lowest BCUT2D eigenvalue weighted by Crippen LogP contribution is -2.12. The molecule has 0 bridgehead atoms. The van der Waals surface area contributed by atoms with E-state index in [0.717, 1.165) is 5.39 Å². The first-order valence-electron chi connectivity index (χ1n) is 8.98. The van der Waals surface area contributed by atoms with E-state index in [1.165, 1.54) is 11.3 Å². The van der Waals surface area contributed by atoms with Crippen molar-refractivity contribution in [1.82, 2.24) is 4.98 Å². The highest BCUT2D eigenvalue weighted by molar-refractivity contribution is 7.14. The molecule has 0 spiro atoms. The normalized spacial score (nSPS) is 11.1. The van der Waals surface area contributed by atoms with Gasteiger partial charge in [-0.25, -0.2) is 4.98 Å². The van der Waals surface area contributed by atoms with Crippen LogP contribution >= 0.6 is 11.3 Å². The molecule has 0 aliphatic carbocycles. The number of nitrogens with one attached hydrogen (secondary N) is 1. The van der Waals surface area contributed by atoms with E-state index < -0.39 is 5.91 Å². The second-order valence-corrected chi connectivity index (χ2v) is 7.32. The summed E-state index contributed by atoms with van der Waals surface area (Å²) in [4.78, 5) is 29.2. The summed E-state index contributed by atoms with van der Waals surface area (Å²) in [6.07, 6.45) is 0.692. The maximum Gasteiger partial charge on any atom is 0.311 e. The quantitative estimate of drug-likeness (QED) is 0.385. The first kappa shape index (κ1) is 18.1. The van der Waals surface area contributed by atoms with E-state index in [-0.39, 0.29) is 5.89 Å². The van der Waals surface area contributed by atoms with Crippen molar-refractivity contribution in [3.05, 3.63) is 65.4 Å². The van der Waals surface area contributed by atoms with E-state index in [4.69, 9.17) is 13.6 Å². The van der Waals surface area contributed by atoms with Crippen LogP contribution in [0.25, 0.3) is 32.7 Å². The number of benzene rings is 2. The van der Waals surface area contributed by atoms with Crippen LogP contribution in [0.2, 0.25) is 0 Å². The fraction of sp³-hybridized carbons (Fsp3) is 0.0455. The van der Waals surface area contributed by atoms with Crippen LogP contribution in [0.3, 0.4) is 0 Å². The highest BCUT2D eigenvalue weighted by Crippen LogP contribution is 2.39. The number of oxazole rings is 1. The van der Waals surface area contributed by atoms with Gasteiger partial charge in [0, 0.05) is 10.8 Å². The Morgan fingerprint density at radius 1 is 1.17 bits per heavy atom. The highest BCUT2D eigenvalue weighted by atomic mass is 32.1. The van der Waals surface area contributed by atoms with Gasteiger partial charge in [0.2, 0.25) is 0 Å². The first-order chi connectivity index (χ1) is 14.7. The summed E-state index contributed by atoms with van der Waals surface area (Å²) >= 11 is 1.29. The summed E-state index contributed by atoms with van der Waals surface area (Å²) < 4.78 is 16.8. The van der Waals surface area contributed by atoms with Crippen molar-refractivity contribution in [3.63, 3.8) is 0 Å². The largest absolute Gasteiger partial charge is 0.493 e. The van der Waals surface area contributed by atoms with Crippen LogP contribution in [0.4, 0.5) is 5.69 Å². The molecule has 0 saturated carbocycles. The van der Waals surface area contributed by atoms with Gasteiger partial charge in [0.15, 0.2) is 23.2 Å². The van der Waals surface area contributed by atoms with Crippen molar-refractivity contribution < 1.29 is 23.2 Å². The lowest BCUT2D eigenvalue weighted by Gasteiger charge is -2.01. The van der Waals surface area contributed by atoms with Crippen LogP contribution in [0, 0.1) is 0 Å². The molecule has 148 valence electrons. The SMILES string of the molecule is COc1cccc2cc(-c3scc(NC(=O)c4nc5ccccc5o4)c3C=O)oc12. The Hall–Kier alpha value is -3.91. The Morgan fingerprint density at radius 2 is 2.03 bits per heavy atom. The molecule has 0 unspecified atom stereocenters. The van der Waals surface area contributed by atoms with Crippen LogP contribution in [-0.2, 0) is 0 Å². The third-order valence-electron chi connectivity index (χ3n) is 4.64. The third-order valence-corrected chi connectivity index (χ3v) is 5.65. The van der Waals surface area contributed by atoms with E-state index >= 15 is 0 Å². The number of hydrogen-bond acceptors (Lipinski definition) is 7. The summed E-state index contributed by atoms with van der Waals surface area (Å²) in [5, 5.41) is 5.24. The smallest absolute Gasteiger partial charge is 0.311 e. The van der Waals surface area contributed by atoms with Crippen LogP contribution in [0.1, 0.15) is 21.0 Å². The maximum absolute atomic E-state index is 12.6. The zero-order valence-electron chi connectivity index (χ0n) is 15.7. The van der Waals surface area contributed by atoms with Crippen molar-refractivity contribution in [2.75, 3.05) is 12.4 Å². The molecule has 0 saturated heterocycles. The van der Waals surface area contributed by atoms with Gasteiger partial charge in [0.05, 0.1) is 23.2 Å². The number of hydrogen-bond donors (Lipinski definition) is 1. The number of nitrogens with zero attached hydrogens (tertiary/aromatic N) is 1. The van der Waals surface area contributed by atoms with Crippen molar-refractivity contribution >= 4 is 51.3 Å². The monoisotopic (exact) mass is 418 g/mol. The Balaban J connectivity index is 1.49. The maximum atomic E-state index is 12.6. The van der Waals surface area contributed by atoms with Gasteiger partial charge in [-0.15, -0.1) is 11.3 Å². The molecule has 3 aromatic heterocycles. The molecule has 0 aliphatic heterocycles. The summed E-state index contributed by atoms with van der Waals surface area (Å²) in [7, 11) is 1.57. The molecule has 30 heavy (non-hydrogen) atoms. The predicted molar refractivity (Wildman–Crippen MR) is 113 cm³/mol. The Morgan fingerprint density at radius 3 is 2.83 bits per heavy atom. The van der Waals surface area contributed by atoms with Crippen LogP contribution in [-0.4, -0.2) is 24.3 Å². The van der Waals surface area contributed by atoms with E-state index in [1.54, 1.807) is 36.8 Å². The van der Waals surface area contributed by atoms with Crippen molar-refractivity contribution in [2.45, 2.75) is 0 Å².